The van der Waals surface area contributed by atoms with Gasteiger partial charge in [-0.2, -0.15) is 0 Å². The van der Waals surface area contributed by atoms with Crippen LogP contribution in [0.1, 0.15) is 58.8 Å². The second-order valence-corrected chi connectivity index (χ2v) is 6.95. The van der Waals surface area contributed by atoms with E-state index in [9.17, 15) is 4.79 Å². The van der Waals surface area contributed by atoms with Gasteiger partial charge in [-0.05, 0) is 57.9 Å². The molecule has 1 amide bonds. The van der Waals surface area contributed by atoms with E-state index in [2.05, 4.69) is 17.6 Å². The number of amides is 1. The van der Waals surface area contributed by atoms with Gasteiger partial charge >= 0.3 is 0 Å². The van der Waals surface area contributed by atoms with Gasteiger partial charge in [-0.1, -0.05) is 12.8 Å². The lowest BCUT2D eigenvalue weighted by Crippen LogP contribution is -2.45. The second-order valence-electron chi connectivity index (χ2n) is 6.95. The van der Waals surface area contributed by atoms with E-state index in [4.69, 9.17) is 4.74 Å². The Hall–Kier alpha value is -0.610. The third kappa shape index (κ3) is 4.96. The van der Waals surface area contributed by atoms with Crippen LogP contribution >= 0.6 is 0 Å². The molecule has 1 aliphatic heterocycles. The lowest BCUT2D eigenvalue weighted by atomic mass is 9.82. The Labute approximate surface area is 129 Å². The number of rotatable bonds is 7. The topological polar surface area (TPSA) is 50.4 Å². The Morgan fingerprint density at radius 3 is 2.81 bits per heavy atom. The van der Waals surface area contributed by atoms with Crippen molar-refractivity contribution in [1.29, 1.82) is 0 Å². The number of piperidine rings is 1. The van der Waals surface area contributed by atoms with Gasteiger partial charge < -0.3 is 15.4 Å². The fourth-order valence-corrected chi connectivity index (χ4v) is 3.86. The van der Waals surface area contributed by atoms with Crippen molar-refractivity contribution in [3.63, 3.8) is 0 Å². The fraction of sp³-hybridized carbons (Fsp3) is 0.941. The number of ether oxygens (including phenoxy) is 1. The summed E-state index contributed by atoms with van der Waals surface area (Å²) in [6.07, 6.45) is 8.11. The second kappa shape index (κ2) is 8.14. The van der Waals surface area contributed by atoms with E-state index < -0.39 is 0 Å². The van der Waals surface area contributed by atoms with Gasteiger partial charge in [-0.25, -0.2) is 0 Å². The van der Waals surface area contributed by atoms with Crippen molar-refractivity contribution in [2.24, 2.45) is 11.3 Å². The molecular weight excluding hydrogens is 264 g/mol. The van der Waals surface area contributed by atoms with Crippen molar-refractivity contribution in [3.05, 3.63) is 0 Å². The molecule has 2 fully saturated rings. The SMILES string of the molecule is CCOCCC1(CNC(=O)[C@H]2CCN[C@@H](C)C2)CCCC1. The summed E-state index contributed by atoms with van der Waals surface area (Å²) >= 11 is 0. The average Bonchev–Trinajstić information content (AvgIpc) is 2.94. The van der Waals surface area contributed by atoms with Crippen LogP contribution in [0.3, 0.4) is 0 Å². The maximum absolute atomic E-state index is 12.4. The smallest absolute Gasteiger partial charge is 0.223 e. The molecule has 1 saturated carbocycles. The van der Waals surface area contributed by atoms with Gasteiger partial charge in [0.15, 0.2) is 0 Å². The predicted octanol–water partition coefficient (Wildman–Crippen LogP) is 2.48. The maximum atomic E-state index is 12.4. The molecule has 4 heteroatoms. The highest BCUT2D eigenvalue weighted by Crippen LogP contribution is 2.40. The first-order valence-electron chi connectivity index (χ1n) is 8.74. The van der Waals surface area contributed by atoms with Crippen molar-refractivity contribution in [2.45, 2.75) is 64.8 Å². The molecule has 2 atom stereocenters. The van der Waals surface area contributed by atoms with Gasteiger partial charge in [0.2, 0.25) is 5.91 Å². The molecule has 0 aromatic heterocycles. The van der Waals surface area contributed by atoms with Crippen LogP contribution < -0.4 is 10.6 Å². The van der Waals surface area contributed by atoms with E-state index in [0.717, 1.165) is 45.6 Å². The number of carbonyl (C=O) groups is 1. The van der Waals surface area contributed by atoms with Gasteiger partial charge in [0, 0.05) is 31.7 Å². The van der Waals surface area contributed by atoms with E-state index >= 15 is 0 Å². The third-order valence-electron chi connectivity index (χ3n) is 5.28. The molecule has 1 aliphatic carbocycles. The van der Waals surface area contributed by atoms with Gasteiger partial charge in [-0.15, -0.1) is 0 Å². The summed E-state index contributed by atoms with van der Waals surface area (Å²) < 4.78 is 5.54. The molecule has 0 aromatic carbocycles. The highest BCUT2D eigenvalue weighted by Gasteiger charge is 2.34. The van der Waals surface area contributed by atoms with Crippen LogP contribution in [0.25, 0.3) is 0 Å². The van der Waals surface area contributed by atoms with Gasteiger partial charge in [-0.3, -0.25) is 4.79 Å². The number of hydrogen-bond acceptors (Lipinski definition) is 3. The van der Waals surface area contributed by atoms with Crippen LogP contribution in [0.15, 0.2) is 0 Å². The van der Waals surface area contributed by atoms with Crippen molar-refractivity contribution in [1.82, 2.24) is 10.6 Å². The Morgan fingerprint density at radius 2 is 2.14 bits per heavy atom. The normalized spacial score (nSPS) is 28.5. The molecule has 1 heterocycles. The Bertz CT molecular complexity index is 327. The lowest BCUT2D eigenvalue weighted by molar-refractivity contribution is -0.126. The Morgan fingerprint density at radius 1 is 1.38 bits per heavy atom. The van der Waals surface area contributed by atoms with E-state index in [1.165, 1.54) is 25.7 Å². The first-order chi connectivity index (χ1) is 10.2. The molecule has 122 valence electrons. The third-order valence-corrected chi connectivity index (χ3v) is 5.28. The van der Waals surface area contributed by atoms with Gasteiger partial charge in [0.25, 0.3) is 0 Å². The molecule has 0 bridgehead atoms. The quantitative estimate of drug-likeness (QED) is 0.710. The molecule has 0 aromatic rings. The van der Waals surface area contributed by atoms with E-state index in [1.807, 2.05) is 6.92 Å². The molecule has 0 unspecified atom stereocenters. The van der Waals surface area contributed by atoms with Crippen molar-refractivity contribution in [3.8, 4) is 0 Å². The highest BCUT2D eigenvalue weighted by atomic mass is 16.5. The molecule has 0 radical (unpaired) electrons. The summed E-state index contributed by atoms with van der Waals surface area (Å²) in [6.45, 7) is 7.64. The number of nitrogens with one attached hydrogen (secondary N) is 2. The Balaban J connectivity index is 1.79. The molecule has 2 N–H and O–H groups in total. The van der Waals surface area contributed by atoms with Crippen LogP contribution in [0.2, 0.25) is 0 Å². The minimum absolute atomic E-state index is 0.201. The minimum Gasteiger partial charge on any atom is -0.382 e. The van der Waals surface area contributed by atoms with E-state index in [0.29, 0.717) is 11.5 Å². The summed E-state index contributed by atoms with van der Waals surface area (Å²) in [5, 5.41) is 6.67. The molecule has 1 saturated heterocycles. The molecule has 0 spiro atoms. The van der Waals surface area contributed by atoms with Crippen LogP contribution in [0, 0.1) is 11.3 Å². The zero-order valence-corrected chi connectivity index (χ0v) is 13.7. The van der Waals surface area contributed by atoms with E-state index in [1.54, 1.807) is 0 Å². The summed E-state index contributed by atoms with van der Waals surface area (Å²) in [4.78, 5) is 12.4. The van der Waals surface area contributed by atoms with Crippen LogP contribution in [0.5, 0.6) is 0 Å². The highest BCUT2D eigenvalue weighted by molar-refractivity contribution is 5.78. The summed E-state index contributed by atoms with van der Waals surface area (Å²) in [7, 11) is 0. The van der Waals surface area contributed by atoms with Crippen molar-refractivity contribution < 1.29 is 9.53 Å². The lowest BCUT2D eigenvalue weighted by Gasteiger charge is -2.32. The number of carbonyl (C=O) groups excluding carboxylic acids is 1. The predicted molar refractivity (Wildman–Crippen MR) is 85.2 cm³/mol. The molecule has 21 heavy (non-hydrogen) atoms. The monoisotopic (exact) mass is 296 g/mol. The zero-order valence-electron chi connectivity index (χ0n) is 13.7. The average molecular weight is 296 g/mol. The van der Waals surface area contributed by atoms with Crippen LogP contribution in [0.4, 0.5) is 0 Å². The minimum atomic E-state index is 0.201. The molecule has 2 rings (SSSR count). The zero-order chi connectivity index (χ0) is 15.1. The van der Waals surface area contributed by atoms with Gasteiger partial charge in [0.1, 0.15) is 0 Å². The Kier molecular flexibility index (Phi) is 6.49. The first-order valence-corrected chi connectivity index (χ1v) is 8.74. The van der Waals surface area contributed by atoms with Crippen LogP contribution in [-0.2, 0) is 9.53 Å². The molecule has 4 nitrogen and oxygen atoms in total. The summed E-state index contributed by atoms with van der Waals surface area (Å²) in [5.74, 6) is 0.470. The fourth-order valence-electron chi connectivity index (χ4n) is 3.86. The maximum Gasteiger partial charge on any atom is 0.223 e. The van der Waals surface area contributed by atoms with Crippen molar-refractivity contribution in [2.75, 3.05) is 26.3 Å². The van der Waals surface area contributed by atoms with E-state index in [-0.39, 0.29) is 11.8 Å². The summed E-state index contributed by atoms with van der Waals surface area (Å²) in [6, 6.07) is 0.466. The first kappa shape index (κ1) is 16.8. The molecule has 2 aliphatic rings. The molecular formula is C17H32N2O2. The van der Waals surface area contributed by atoms with Crippen LogP contribution in [-0.4, -0.2) is 38.3 Å². The van der Waals surface area contributed by atoms with Crippen molar-refractivity contribution >= 4 is 5.91 Å². The largest absolute Gasteiger partial charge is 0.382 e. The number of hydrogen-bond donors (Lipinski definition) is 2. The summed E-state index contributed by atoms with van der Waals surface area (Å²) in [5.41, 5.74) is 0.295. The van der Waals surface area contributed by atoms with Gasteiger partial charge in [0.05, 0.1) is 0 Å². The standard InChI is InChI=1S/C17H32N2O2/c1-3-21-11-9-17(7-4-5-8-17)13-19-16(20)15-6-10-18-14(2)12-15/h14-15,18H,3-13H2,1-2H3,(H,19,20)/t14-,15-/m0/s1.